The summed E-state index contributed by atoms with van der Waals surface area (Å²) in [6, 6.07) is 9.91. The normalized spacial score (nSPS) is 10.7. The maximum atomic E-state index is 13.3. The molecule has 0 aliphatic rings. The Labute approximate surface area is 183 Å². The van der Waals surface area contributed by atoms with Crippen LogP contribution in [0.2, 0.25) is 0 Å². The Morgan fingerprint density at radius 3 is 2.50 bits per heavy atom. The van der Waals surface area contributed by atoms with E-state index < -0.39 is 17.5 Å². The number of nitrogens with zero attached hydrogens (tertiary/aromatic N) is 3. The number of unbranched alkanes of at least 4 members (excludes halogenated alkanes) is 1. The zero-order valence-corrected chi connectivity index (χ0v) is 16.9. The van der Waals surface area contributed by atoms with E-state index in [0.29, 0.717) is 42.5 Å². The van der Waals surface area contributed by atoms with Crippen LogP contribution in [0.1, 0.15) is 40.7 Å². The first-order valence-corrected chi connectivity index (χ1v) is 9.71. The number of aryl methyl sites for hydroxylation is 1. The zero-order valence-electron chi connectivity index (χ0n) is 16.9. The molecular weight excluding hydrogens is 419 g/mol. The number of aromatic hydroxyl groups is 1. The lowest BCUT2D eigenvalue weighted by Crippen LogP contribution is -2.07. The van der Waals surface area contributed by atoms with Gasteiger partial charge in [0.15, 0.2) is 0 Å². The molecule has 0 bridgehead atoms. The van der Waals surface area contributed by atoms with Gasteiger partial charge in [-0.1, -0.05) is 11.8 Å². The minimum absolute atomic E-state index is 0.233. The summed E-state index contributed by atoms with van der Waals surface area (Å²) >= 11 is 0. The molecule has 0 saturated carbocycles. The van der Waals surface area contributed by atoms with Crippen molar-refractivity contribution in [2.75, 3.05) is 6.61 Å². The Hall–Kier alpha value is -4.04. The smallest absolute Gasteiger partial charge is 0.417 e. The molecule has 0 aliphatic heterocycles. The second kappa shape index (κ2) is 10.3. The van der Waals surface area contributed by atoms with E-state index in [-0.39, 0.29) is 5.56 Å². The van der Waals surface area contributed by atoms with Crippen molar-refractivity contribution in [3.05, 3.63) is 82.8 Å². The standard InChI is InChI=1S/C24H18F3N3O2/c25-24(26,27)22-14-21(31)9-8-19(22)7-6-18-5-4-17(15-28)13-20(18)3-1-2-12-32-23-16-29-10-11-30-23/h4-5,8-11,13-14,16,31H,1-3,12H2. The van der Waals surface area contributed by atoms with Gasteiger partial charge in [-0.15, -0.1) is 0 Å². The van der Waals surface area contributed by atoms with Crippen LogP contribution in [-0.2, 0) is 12.6 Å². The highest BCUT2D eigenvalue weighted by Crippen LogP contribution is 2.33. The minimum Gasteiger partial charge on any atom is -0.508 e. The molecular formula is C24H18F3N3O2. The van der Waals surface area contributed by atoms with Gasteiger partial charge in [-0.2, -0.15) is 18.4 Å². The van der Waals surface area contributed by atoms with Crippen LogP contribution >= 0.6 is 0 Å². The van der Waals surface area contributed by atoms with Crippen molar-refractivity contribution < 1.29 is 23.0 Å². The number of halogens is 3. The summed E-state index contributed by atoms with van der Waals surface area (Å²) < 4.78 is 45.3. The fourth-order valence-electron chi connectivity index (χ4n) is 2.96. The van der Waals surface area contributed by atoms with E-state index >= 15 is 0 Å². The average Bonchev–Trinajstić information content (AvgIpc) is 2.78. The Bertz CT molecular complexity index is 1180. The van der Waals surface area contributed by atoms with E-state index in [1.807, 2.05) is 0 Å². The third-order valence-corrected chi connectivity index (χ3v) is 4.50. The number of hydrogen-bond donors (Lipinski definition) is 1. The number of ether oxygens (including phenoxy) is 1. The molecule has 1 heterocycles. The van der Waals surface area contributed by atoms with Crippen molar-refractivity contribution in [1.29, 1.82) is 5.26 Å². The number of alkyl halides is 3. The molecule has 0 aliphatic carbocycles. The molecule has 5 nitrogen and oxygen atoms in total. The molecule has 0 fully saturated rings. The van der Waals surface area contributed by atoms with E-state index in [2.05, 4.69) is 27.9 Å². The van der Waals surface area contributed by atoms with Gasteiger partial charge in [-0.05, 0) is 61.2 Å². The van der Waals surface area contributed by atoms with Gasteiger partial charge in [0.1, 0.15) is 5.75 Å². The number of rotatable bonds is 6. The van der Waals surface area contributed by atoms with E-state index in [1.165, 1.54) is 12.4 Å². The lowest BCUT2D eigenvalue weighted by Gasteiger charge is -2.09. The lowest BCUT2D eigenvalue weighted by atomic mass is 9.99. The van der Waals surface area contributed by atoms with Crippen LogP contribution in [0.25, 0.3) is 0 Å². The van der Waals surface area contributed by atoms with E-state index in [4.69, 9.17) is 4.74 Å². The summed E-state index contributed by atoms with van der Waals surface area (Å²) in [5.74, 6) is 5.30. The van der Waals surface area contributed by atoms with Crippen LogP contribution in [-0.4, -0.2) is 21.7 Å². The van der Waals surface area contributed by atoms with Crippen molar-refractivity contribution >= 4 is 0 Å². The fourth-order valence-corrected chi connectivity index (χ4v) is 2.96. The maximum Gasteiger partial charge on any atom is 0.417 e. The SMILES string of the molecule is N#Cc1ccc(C#Cc2ccc(O)cc2C(F)(F)F)c(CCCCOc2cnccn2)c1. The summed E-state index contributed by atoms with van der Waals surface area (Å²) in [4.78, 5) is 7.94. The van der Waals surface area contributed by atoms with E-state index in [0.717, 1.165) is 24.1 Å². The zero-order chi connectivity index (χ0) is 23.0. The molecule has 162 valence electrons. The predicted molar refractivity (Wildman–Crippen MR) is 111 cm³/mol. The van der Waals surface area contributed by atoms with Gasteiger partial charge in [0.25, 0.3) is 0 Å². The molecule has 0 amide bonds. The first-order chi connectivity index (χ1) is 15.4. The molecule has 0 radical (unpaired) electrons. The van der Waals surface area contributed by atoms with Crippen molar-refractivity contribution in [3.8, 4) is 29.5 Å². The van der Waals surface area contributed by atoms with Crippen LogP contribution in [0.3, 0.4) is 0 Å². The molecule has 1 N–H and O–H groups in total. The van der Waals surface area contributed by atoms with E-state index in [9.17, 15) is 23.5 Å². The number of nitriles is 1. The number of aromatic nitrogens is 2. The summed E-state index contributed by atoms with van der Waals surface area (Å²) in [6.07, 6.45) is 1.96. The molecule has 0 saturated heterocycles. The summed E-state index contributed by atoms with van der Waals surface area (Å²) in [5.41, 5.74) is 0.523. The number of phenols is 1. The highest BCUT2D eigenvalue weighted by molar-refractivity contribution is 5.53. The van der Waals surface area contributed by atoms with Gasteiger partial charge < -0.3 is 9.84 Å². The average molecular weight is 437 g/mol. The lowest BCUT2D eigenvalue weighted by molar-refractivity contribution is -0.137. The van der Waals surface area contributed by atoms with Crippen LogP contribution in [0.4, 0.5) is 13.2 Å². The molecule has 0 unspecified atom stereocenters. The van der Waals surface area contributed by atoms with Crippen LogP contribution in [0.5, 0.6) is 11.6 Å². The van der Waals surface area contributed by atoms with Gasteiger partial charge >= 0.3 is 6.18 Å². The number of benzene rings is 2. The molecule has 0 spiro atoms. The molecule has 3 rings (SSSR count). The van der Waals surface area contributed by atoms with Crippen LogP contribution < -0.4 is 4.74 Å². The molecule has 3 aromatic rings. The second-order valence-electron chi connectivity index (χ2n) is 6.81. The Morgan fingerprint density at radius 1 is 1.00 bits per heavy atom. The molecule has 32 heavy (non-hydrogen) atoms. The van der Waals surface area contributed by atoms with Gasteiger partial charge in [-0.3, -0.25) is 4.98 Å². The second-order valence-corrected chi connectivity index (χ2v) is 6.81. The van der Waals surface area contributed by atoms with Crippen LogP contribution in [0, 0.1) is 23.2 Å². The molecule has 0 atom stereocenters. The molecule has 1 aromatic heterocycles. The molecule has 2 aromatic carbocycles. The highest BCUT2D eigenvalue weighted by Gasteiger charge is 2.33. The third kappa shape index (κ3) is 6.23. The third-order valence-electron chi connectivity index (χ3n) is 4.50. The highest BCUT2D eigenvalue weighted by atomic mass is 19.4. The number of hydrogen-bond acceptors (Lipinski definition) is 5. The van der Waals surface area contributed by atoms with Gasteiger partial charge in [0.2, 0.25) is 5.88 Å². The minimum atomic E-state index is -4.64. The van der Waals surface area contributed by atoms with Crippen molar-refractivity contribution in [2.24, 2.45) is 0 Å². The van der Waals surface area contributed by atoms with E-state index in [1.54, 1.807) is 24.4 Å². The first kappa shape index (κ1) is 22.6. The largest absolute Gasteiger partial charge is 0.508 e. The topological polar surface area (TPSA) is 79.0 Å². The summed E-state index contributed by atoms with van der Waals surface area (Å²) in [5, 5.41) is 18.6. The van der Waals surface area contributed by atoms with Gasteiger partial charge in [0.05, 0.1) is 30.0 Å². The quantitative estimate of drug-likeness (QED) is 0.440. The van der Waals surface area contributed by atoms with Crippen LogP contribution in [0.15, 0.2) is 55.0 Å². The van der Waals surface area contributed by atoms with Gasteiger partial charge in [-0.25, -0.2) is 4.98 Å². The molecule has 8 heteroatoms. The number of phenolic OH excluding ortho intramolecular Hbond substituents is 1. The van der Waals surface area contributed by atoms with Crippen molar-refractivity contribution in [1.82, 2.24) is 9.97 Å². The fraction of sp³-hybridized carbons (Fsp3) is 0.208. The Kier molecular flexibility index (Phi) is 7.30. The van der Waals surface area contributed by atoms with Crippen molar-refractivity contribution in [3.63, 3.8) is 0 Å². The Morgan fingerprint density at radius 2 is 1.78 bits per heavy atom. The monoisotopic (exact) mass is 437 g/mol. The maximum absolute atomic E-state index is 13.3. The Balaban J connectivity index is 1.74. The summed E-state index contributed by atoms with van der Waals surface area (Å²) in [7, 11) is 0. The predicted octanol–water partition coefficient (Wildman–Crippen LogP) is 4.87. The summed E-state index contributed by atoms with van der Waals surface area (Å²) in [6.45, 7) is 0.431. The van der Waals surface area contributed by atoms with Crippen molar-refractivity contribution in [2.45, 2.75) is 25.4 Å². The van der Waals surface area contributed by atoms with Gasteiger partial charge in [0, 0.05) is 23.5 Å². The first-order valence-electron chi connectivity index (χ1n) is 9.71.